The summed E-state index contributed by atoms with van der Waals surface area (Å²) in [6.07, 6.45) is 0.218. The molecule has 4 heteroatoms. The number of aryl methyl sites for hydroxylation is 1. The summed E-state index contributed by atoms with van der Waals surface area (Å²) in [5, 5.41) is 9.46. The molecule has 0 aliphatic carbocycles. The van der Waals surface area contributed by atoms with Gasteiger partial charge in [0.05, 0.1) is 18.0 Å². The minimum atomic E-state index is -0.290. The molecule has 1 rings (SSSR count). The van der Waals surface area contributed by atoms with Gasteiger partial charge in [0.15, 0.2) is 0 Å². The second-order valence-corrected chi connectivity index (χ2v) is 3.85. The van der Waals surface area contributed by atoms with Crippen molar-refractivity contribution in [3.05, 3.63) is 27.7 Å². The van der Waals surface area contributed by atoms with Crippen LogP contribution >= 0.6 is 15.9 Å². The van der Waals surface area contributed by atoms with E-state index in [0.717, 1.165) is 11.1 Å². The summed E-state index contributed by atoms with van der Waals surface area (Å²) in [6, 6.07) is 3.47. The summed E-state index contributed by atoms with van der Waals surface area (Å²) < 4.78 is 5.14. The zero-order valence-electron chi connectivity index (χ0n) is 8.00. The number of halogens is 1. The lowest BCUT2D eigenvalue weighted by Crippen LogP contribution is -2.04. The SMILES string of the molecule is COC(=O)Cc1cc(C)c(O)c(Br)c1. The Morgan fingerprint density at radius 1 is 1.57 bits per heavy atom. The smallest absolute Gasteiger partial charge is 0.309 e. The molecule has 0 aromatic heterocycles. The summed E-state index contributed by atoms with van der Waals surface area (Å²) in [4.78, 5) is 11.0. The van der Waals surface area contributed by atoms with Crippen LogP contribution < -0.4 is 0 Å². The molecule has 0 aliphatic heterocycles. The first-order valence-electron chi connectivity index (χ1n) is 4.09. The van der Waals surface area contributed by atoms with Crippen molar-refractivity contribution < 1.29 is 14.6 Å². The lowest BCUT2D eigenvalue weighted by Gasteiger charge is -2.05. The Kier molecular flexibility index (Phi) is 3.52. The van der Waals surface area contributed by atoms with Crippen molar-refractivity contribution in [3.8, 4) is 5.75 Å². The molecule has 14 heavy (non-hydrogen) atoms. The number of hydrogen-bond acceptors (Lipinski definition) is 3. The molecule has 0 saturated heterocycles. The number of ether oxygens (including phenoxy) is 1. The molecular formula is C10H11BrO3. The lowest BCUT2D eigenvalue weighted by atomic mass is 10.1. The van der Waals surface area contributed by atoms with E-state index in [4.69, 9.17) is 0 Å². The fourth-order valence-electron chi connectivity index (χ4n) is 1.15. The molecule has 0 atom stereocenters. The normalized spacial score (nSPS) is 9.93. The molecular weight excluding hydrogens is 248 g/mol. The molecule has 76 valence electrons. The fourth-order valence-corrected chi connectivity index (χ4v) is 1.76. The number of hydrogen-bond donors (Lipinski definition) is 1. The van der Waals surface area contributed by atoms with E-state index in [1.807, 2.05) is 0 Å². The molecule has 1 aromatic rings. The van der Waals surface area contributed by atoms with Crippen molar-refractivity contribution in [1.29, 1.82) is 0 Å². The van der Waals surface area contributed by atoms with Crippen LogP contribution in [0.1, 0.15) is 11.1 Å². The molecule has 0 saturated carbocycles. The summed E-state index contributed by atoms with van der Waals surface area (Å²) in [5.74, 6) is -0.0828. The third kappa shape index (κ3) is 2.48. The van der Waals surface area contributed by atoms with Crippen molar-refractivity contribution in [3.63, 3.8) is 0 Å². The number of phenols is 1. The topological polar surface area (TPSA) is 46.5 Å². The van der Waals surface area contributed by atoms with Crippen LogP contribution in [0.25, 0.3) is 0 Å². The van der Waals surface area contributed by atoms with Gasteiger partial charge in [-0.1, -0.05) is 6.07 Å². The van der Waals surface area contributed by atoms with Crippen LogP contribution in [0.5, 0.6) is 5.75 Å². The van der Waals surface area contributed by atoms with Gasteiger partial charge in [0.25, 0.3) is 0 Å². The van der Waals surface area contributed by atoms with Gasteiger partial charge in [-0.2, -0.15) is 0 Å². The molecule has 0 spiro atoms. The summed E-state index contributed by atoms with van der Waals surface area (Å²) in [5.41, 5.74) is 1.55. The maximum absolute atomic E-state index is 11.0. The largest absolute Gasteiger partial charge is 0.506 e. The van der Waals surface area contributed by atoms with E-state index in [1.165, 1.54) is 7.11 Å². The van der Waals surface area contributed by atoms with Crippen molar-refractivity contribution in [2.45, 2.75) is 13.3 Å². The first kappa shape index (κ1) is 11.0. The monoisotopic (exact) mass is 258 g/mol. The van der Waals surface area contributed by atoms with Gasteiger partial charge in [-0.25, -0.2) is 0 Å². The van der Waals surface area contributed by atoms with Crippen LogP contribution in [0.3, 0.4) is 0 Å². The molecule has 0 amide bonds. The van der Waals surface area contributed by atoms with Gasteiger partial charge in [-0.05, 0) is 40.0 Å². The fraction of sp³-hybridized carbons (Fsp3) is 0.300. The van der Waals surface area contributed by atoms with Crippen LogP contribution in [-0.4, -0.2) is 18.2 Å². The Bertz CT molecular complexity index is 337. The zero-order chi connectivity index (χ0) is 10.7. The molecule has 3 nitrogen and oxygen atoms in total. The summed E-state index contributed by atoms with van der Waals surface area (Å²) in [7, 11) is 1.35. The molecule has 0 fully saturated rings. The van der Waals surface area contributed by atoms with Crippen molar-refractivity contribution in [2.24, 2.45) is 0 Å². The van der Waals surface area contributed by atoms with Gasteiger partial charge in [-0.15, -0.1) is 0 Å². The third-order valence-corrected chi connectivity index (χ3v) is 2.49. The number of carbonyl (C=O) groups is 1. The second kappa shape index (κ2) is 4.46. The third-order valence-electron chi connectivity index (χ3n) is 1.89. The van der Waals surface area contributed by atoms with E-state index < -0.39 is 0 Å². The van der Waals surface area contributed by atoms with Gasteiger partial charge in [0.1, 0.15) is 5.75 Å². The highest BCUT2D eigenvalue weighted by Crippen LogP contribution is 2.28. The predicted octanol–water partition coefficient (Wildman–Crippen LogP) is 2.18. The van der Waals surface area contributed by atoms with Crippen LogP contribution in [0, 0.1) is 6.92 Å². The molecule has 1 aromatic carbocycles. The van der Waals surface area contributed by atoms with Crippen LogP contribution in [0.2, 0.25) is 0 Å². The summed E-state index contributed by atoms with van der Waals surface area (Å²) >= 11 is 3.21. The van der Waals surface area contributed by atoms with Crippen molar-refractivity contribution in [1.82, 2.24) is 0 Å². The maximum atomic E-state index is 11.0. The Balaban J connectivity index is 2.95. The number of aromatic hydroxyl groups is 1. The highest BCUT2D eigenvalue weighted by atomic mass is 79.9. The van der Waals surface area contributed by atoms with E-state index in [1.54, 1.807) is 19.1 Å². The molecule has 0 unspecified atom stereocenters. The van der Waals surface area contributed by atoms with Gasteiger partial charge >= 0.3 is 5.97 Å². The number of methoxy groups -OCH3 is 1. The number of rotatable bonds is 2. The minimum absolute atomic E-state index is 0.207. The van der Waals surface area contributed by atoms with E-state index in [-0.39, 0.29) is 18.1 Å². The first-order chi connectivity index (χ1) is 6.54. The van der Waals surface area contributed by atoms with Crippen LogP contribution in [-0.2, 0) is 16.0 Å². The average Bonchev–Trinajstić information content (AvgIpc) is 2.14. The standard InChI is InChI=1S/C10H11BrO3/c1-6-3-7(5-9(12)14-2)4-8(11)10(6)13/h3-4,13H,5H2,1-2H3. The van der Waals surface area contributed by atoms with Gasteiger partial charge < -0.3 is 9.84 Å². The number of phenolic OH excluding ortho intramolecular Hbond substituents is 1. The highest BCUT2D eigenvalue weighted by Gasteiger charge is 2.08. The summed E-state index contributed by atoms with van der Waals surface area (Å²) in [6.45, 7) is 1.78. The van der Waals surface area contributed by atoms with E-state index in [0.29, 0.717) is 4.47 Å². The molecule has 0 aliphatic rings. The molecule has 0 bridgehead atoms. The lowest BCUT2D eigenvalue weighted by molar-refractivity contribution is -0.139. The molecule has 0 heterocycles. The Labute approximate surface area is 90.8 Å². The van der Waals surface area contributed by atoms with Gasteiger partial charge in [-0.3, -0.25) is 4.79 Å². The molecule has 0 radical (unpaired) electrons. The second-order valence-electron chi connectivity index (χ2n) is 3.00. The number of benzene rings is 1. The van der Waals surface area contributed by atoms with Crippen molar-refractivity contribution in [2.75, 3.05) is 7.11 Å². The highest BCUT2D eigenvalue weighted by molar-refractivity contribution is 9.10. The number of carbonyl (C=O) groups excluding carboxylic acids is 1. The maximum Gasteiger partial charge on any atom is 0.309 e. The molecule has 1 N–H and O–H groups in total. The Hall–Kier alpha value is -1.03. The number of esters is 1. The zero-order valence-corrected chi connectivity index (χ0v) is 9.59. The van der Waals surface area contributed by atoms with E-state index in [2.05, 4.69) is 20.7 Å². The van der Waals surface area contributed by atoms with Gasteiger partial charge in [0.2, 0.25) is 0 Å². The van der Waals surface area contributed by atoms with E-state index >= 15 is 0 Å². The Morgan fingerprint density at radius 3 is 2.71 bits per heavy atom. The Morgan fingerprint density at radius 2 is 2.21 bits per heavy atom. The first-order valence-corrected chi connectivity index (χ1v) is 4.88. The van der Waals surface area contributed by atoms with Crippen molar-refractivity contribution >= 4 is 21.9 Å². The van der Waals surface area contributed by atoms with Gasteiger partial charge in [0, 0.05) is 0 Å². The van der Waals surface area contributed by atoms with E-state index in [9.17, 15) is 9.90 Å². The predicted molar refractivity (Wildman–Crippen MR) is 56.3 cm³/mol. The van der Waals surface area contributed by atoms with Crippen LogP contribution in [0.15, 0.2) is 16.6 Å². The quantitative estimate of drug-likeness (QED) is 0.828. The minimum Gasteiger partial charge on any atom is -0.506 e. The average molecular weight is 259 g/mol. The van der Waals surface area contributed by atoms with Crippen LogP contribution in [0.4, 0.5) is 0 Å².